The maximum absolute atomic E-state index is 12.3. The van der Waals surface area contributed by atoms with Gasteiger partial charge in [-0.25, -0.2) is 0 Å². The number of aromatic nitrogens is 1. The third kappa shape index (κ3) is 2.77. The molecule has 0 saturated carbocycles. The molecule has 2 rings (SSSR count). The van der Waals surface area contributed by atoms with Crippen LogP contribution in [0.15, 0.2) is 0 Å². The number of aryl methyl sites for hydroxylation is 1. The molecule has 5 nitrogen and oxygen atoms in total. The van der Waals surface area contributed by atoms with Gasteiger partial charge in [0.15, 0.2) is 6.29 Å². The number of hydrogen-bond donors (Lipinski definition) is 2. The Morgan fingerprint density at radius 1 is 1.50 bits per heavy atom. The zero-order valence-corrected chi connectivity index (χ0v) is 12.5. The van der Waals surface area contributed by atoms with Crippen molar-refractivity contribution >= 4 is 12.2 Å². The molecule has 1 aliphatic heterocycles. The fourth-order valence-electron chi connectivity index (χ4n) is 3.07. The SMILES string of the molecule is CCN1CCCC1CNC(=O)c1c(C)[nH]c(C=O)c1C. The van der Waals surface area contributed by atoms with Crippen molar-refractivity contribution < 1.29 is 9.59 Å². The van der Waals surface area contributed by atoms with Gasteiger partial charge in [-0.3, -0.25) is 14.5 Å². The average molecular weight is 277 g/mol. The lowest BCUT2D eigenvalue weighted by Crippen LogP contribution is -2.40. The quantitative estimate of drug-likeness (QED) is 0.804. The molecule has 20 heavy (non-hydrogen) atoms. The fraction of sp³-hybridized carbons (Fsp3) is 0.600. The Hall–Kier alpha value is -1.62. The topological polar surface area (TPSA) is 65.2 Å². The largest absolute Gasteiger partial charge is 0.356 e. The molecule has 1 atom stereocenters. The van der Waals surface area contributed by atoms with Crippen LogP contribution in [-0.4, -0.2) is 47.8 Å². The van der Waals surface area contributed by atoms with Crippen LogP contribution in [0.3, 0.4) is 0 Å². The van der Waals surface area contributed by atoms with E-state index in [0.29, 0.717) is 23.8 Å². The van der Waals surface area contributed by atoms with E-state index >= 15 is 0 Å². The summed E-state index contributed by atoms with van der Waals surface area (Å²) in [5, 5.41) is 3.01. The van der Waals surface area contributed by atoms with E-state index in [-0.39, 0.29) is 5.91 Å². The Balaban J connectivity index is 2.02. The van der Waals surface area contributed by atoms with Crippen LogP contribution in [0.5, 0.6) is 0 Å². The lowest BCUT2D eigenvalue weighted by atomic mass is 10.1. The van der Waals surface area contributed by atoms with Crippen LogP contribution in [-0.2, 0) is 0 Å². The molecular weight excluding hydrogens is 254 g/mol. The Morgan fingerprint density at radius 3 is 2.85 bits per heavy atom. The van der Waals surface area contributed by atoms with E-state index in [4.69, 9.17) is 0 Å². The summed E-state index contributed by atoms with van der Waals surface area (Å²) in [5.74, 6) is -0.0905. The first-order valence-corrected chi connectivity index (χ1v) is 7.25. The van der Waals surface area contributed by atoms with E-state index in [9.17, 15) is 9.59 Å². The number of likely N-dealkylation sites (tertiary alicyclic amines) is 1. The van der Waals surface area contributed by atoms with Gasteiger partial charge in [0, 0.05) is 18.3 Å². The minimum absolute atomic E-state index is 0.0905. The van der Waals surface area contributed by atoms with Gasteiger partial charge in [0.1, 0.15) is 0 Å². The number of carbonyl (C=O) groups excluding carboxylic acids is 2. The lowest BCUT2D eigenvalue weighted by molar-refractivity contribution is 0.0940. The second kappa shape index (κ2) is 6.22. The van der Waals surface area contributed by atoms with Crippen LogP contribution < -0.4 is 5.32 Å². The van der Waals surface area contributed by atoms with Gasteiger partial charge in [0.2, 0.25) is 0 Å². The van der Waals surface area contributed by atoms with Crippen LogP contribution in [0.25, 0.3) is 0 Å². The van der Waals surface area contributed by atoms with E-state index in [1.165, 1.54) is 6.42 Å². The summed E-state index contributed by atoms with van der Waals surface area (Å²) in [7, 11) is 0. The summed E-state index contributed by atoms with van der Waals surface area (Å²) in [6.07, 6.45) is 3.10. The molecule has 1 aromatic rings. The third-order valence-corrected chi connectivity index (χ3v) is 4.22. The van der Waals surface area contributed by atoms with Crippen molar-refractivity contribution in [3.05, 3.63) is 22.5 Å². The Morgan fingerprint density at radius 2 is 2.25 bits per heavy atom. The van der Waals surface area contributed by atoms with Crippen LogP contribution in [0.1, 0.15) is 51.9 Å². The number of amides is 1. The number of nitrogens with one attached hydrogen (secondary N) is 2. The van der Waals surface area contributed by atoms with Crippen molar-refractivity contribution in [2.24, 2.45) is 0 Å². The highest BCUT2D eigenvalue weighted by Gasteiger charge is 2.24. The first-order valence-electron chi connectivity index (χ1n) is 7.25. The highest BCUT2D eigenvalue weighted by atomic mass is 16.1. The van der Waals surface area contributed by atoms with Gasteiger partial charge in [-0.05, 0) is 45.3 Å². The van der Waals surface area contributed by atoms with Gasteiger partial charge in [0.25, 0.3) is 5.91 Å². The van der Waals surface area contributed by atoms with E-state index in [0.717, 1.165) is 37.1 Å². The zero-order chi connectivity index (χ0) is 14.7. The first-order chi connectivity index (χ1) is 9.58. The summed E-state index contributed by atoms with van der Waals surface area (Å²) in [4.78, 5) is 28.5. The van der Waals surface area contributed by atoms with Gasteiger partial charge in [0.05, 0.1) is 11.3 Å². The van der Waals surface area contributed by atoms with E-state index in [1.807, 2.05) is 6.92 Å². The van der Waals surface area contributed by atoms with Gasteiger partial charge in [-0.15, -0.1) is 0 Å². The molecule has 0 bridgehead atoms. The van der Waals surface area contributed by atoms with E-state index < -0.39 is 0 Å². The molecule has 0 radical (unpaired) electrons. The molecule has 1 amide bonds. The molecule has 1 aromatic heterocycles. The van der Waals surface area contributed by atoms with Crippen LogP contribution >= 0.6 is 0 Å². The van der Waals surface area contributed by atoms with Crippen LogP contribution in [0.2, 0.25) is 0 Å². The third-order valence-electron chi connectivity index (χ3n) is 4.22. The Bertz CT molecular complexity index is 507. The molecule has 0 spiro atoms. The van der Waals surface area contributed by atoms with Crippen molar-refractivity contribution in [1.29, 1.82) is 0 Å². The predicted octanol–water partition coefficient (Wildman–Crippen LogP) is 1.66. The van der Waals surface area contributed by atoms with Crippen LogP contribution in [0.4, 0.5) is 0 Å². The molecule has 2 heterocycles. The van der Waals surface area contributed by atoms with Gasteiger partial charge >= 0.3 is 0 Å². The van der Waals surface area contributed by atoms with Gasteiger partial charge < -0.3 is 10.3 Å². The van der Waals surface area contributed by atoms with Gasteiger partial charge in [-0.2, -0.15) is 0 Å². The normalized spacial score (nSPS) is 19.2. The number of nitrogens with zero attached hydrogens (tertiary/aromatic N) is 1. The average Bonchev–Trinajstić information content (AvgIpc) is 3.00. The van der Waals surface area contributed by atoms with Crippen molar-refractivity contribution in [1.82, 2.24) is 15.2 Å². The van der Waals surface area contributed by atoms with E-state index in [1.54, 1.807) is 6.92 Å². The van der Waals surface area contributed by atoms with E-state index in [2.05, 4.69) is 22.1 Å². The summed E-state index contributed by atoms with van der Waals surface area (Å²) < 4.78 is 0. The standard InChI is InChI=1S/C15H23N3O2/c1-4-18-7-5-6-12(18)8-16-15(20)14-10(2)13(9-19)17-11(14)3/h9,12,17H,4-8H2,1-3H3,(H,16,20). The summed E-state index contributed by atoms with van der Waals surface area (Å²) in [6.45, 7) is 8.59. The van der Waals surface area contributed by atoms with Crippen molar-refractivity contribution in [2.45, 2.75) is 39.7 Å². The molecule has 2 N–H and O–H groups in total. The molecule has 110 valence electrons. The van der Waals surface area contributed by atoms with Crippen molar-refractivity contribution in [2.75, 3.05) is 19.6 Å². The number of rotatable bonds is 5. The number of aromatic amines is 1. The number of aldehydes is 1. The van der Waals surface area contributed by atoms with Crippen molar-refractivity contribution in [3.8, 4) is 0 Å². The minimum Gasteiger partial charge on any atom is -0.356 e. The molecule has 1 fully saturated rings. The first kappa shape index (κ1) is 14.8. The molecule has 0 aromatic carbocycles. The summed E-state index contributed by atoms with van der Waals surface area (Å²) in [6, 6.07) is 0.439. The smallest absolute Gasteiger partial charge is 0.253 e. The predicted molar refractivity (Wildman–Crippen MR) is 78.3 cm³/mol. The number of H-pyrrole nitrogens is 1. The zero-order valence-electron chi connectivity index (χ0n) is 12.5. The Kier molecular flexibility index (Phi) is 4.60. The summed E-state index contributed by atoms with van der Waals surface area (Å²) >= 11 is 0. The molecule has 1 unspecified atom stereocenters. The molecule has 1 saturated heterocycles. The second-order valence-electron chi connectivity index (χ2n) is 5.42. The minimum atomic E-state index is -0.0905. The lowest BCUT2D eigenvalue weighted by Gasteiger charge is -2.22. The van der Waals surface area contributed by atoms with Gasteiger partial charge in [-0.1, -0.05) is 6.92 Å². The maximum Gasteiger partial charge on any atom is 0.253 e. The fourth-order valence-corrected chi connectivity index (χ4v) is 3.07. The monoisotopic (exact) mass is 277 g/mol. The molecule has 5 heteroatoms. The number of hydrogen-bond acceptors (Lipinski definition) is 3. The molecule has 0 aliphatic carbocycles. The molecular formula is C15H23N3O2. The second-order valence-corrected chi connectivity index (χ2v) is 5.42. The van der Waals surface area contributed by atoms with Crippen molar-refractivity contribution in [3.63, 3.8) is 0 Å². The molecule has 1 aliphatic rings. The maximum atomic E-state index is 12.3. The highest BCUT2D eigenvalue weighted by Crippen LogP contribution is 2.18. The van der Waals surface area contributed by atoms with Crippen LogP contribution in [0, 0.1) is 13.8 Å². The highest BCUT2D eigenvalue weighted by molar-refractivity contribution is 5.99. The number of carbonyl (C=O) groups is 2. The Labute approximate surface area is 119 Å². The number of likely N-dealkylation sites (N-methyl/N-ethyl adjacent to an activating group) is 1. The summed E-state index contributed by atoms with van der Waals surface area (Å²) in [5.41, 5.74) is 2.58.